The number of methoxy groups -OCH3 is 1. The highest BCUT2D eigenvalue weighted by Crippen LogP contribution is 2.64. The van der Waals surface area contributed by atoms with E-state index in [4.69, 9.17) is 23.7 Å². The van der Waals surface area contributed by atoms with E-state index in [1.165, 1.54) is 18.7 Å². The normalized spacial score (nSPS) is 28.4. The van der Waals surface area contributed by atoms with E-state index < -0.39 is 53.4 Å². The van der Waals surface area contributed by atoms with Gasteiger partial charge < -0.3 is 39.2 Å². The van der Waals surface area contributed by atoms with E-state index in [-0.39, 0.29) is 37.0 Å². The molecule has 7 heterocycles. The summed E-state index contributed by atoms with van der Waals surface area (Å²) in [6, 6.07) is 5.90. The molecule has 7 aliphatic rings. The first-order valence-corrected chi connectivity index (χ1v) is 19.9. The average Bonchev–Trinajstić information content (AvgIpc) is 3.67. The van der Waals surface area contributed by atoms with E-state index in [2.05, 4.69) is 39.8 Å². The molecule has 3 aromatic rings. The molecule has 7 atom stereocenters. The Labute approximate surface area is 328 Å². The molecule has 56 heavy (non-hydrogen) atoms. The van der Waals surface area contributed by atoms with Crippen LogP contribution in [0.3, 0.4) is 0 Å². The summed E-state index contributed by atoms with van der Waals surface area (Å²) in [5.41, 5.74) is 5.40. The van der Waals surface area contributed by atoms with Crippen LogP contribution >= 0.6 is 11.8 Å². The first-order chi connectivity index (χ1) is 26.9. The highest BCUT2D eigenvalue weighted by molar-refractivity contribution is 7.99. The number of carbonyl (C=O) groups is 3. The topological polar surface area (TPSA) is 168 Å². The molecular formula is C41H45N4O10S+. The van der Waals surface area contributed by atoms with E-state index in [0.717, 1.165) is 33.4 Å². The van der Waals surface area contributed by atoms with Crippen molar-refractivity contribution in [2.45, 2.75) is 81.5 Å². The Morgan fingerprint density at radius 2 is 1.91 bits per heavy atom. The van der Waals surface area contributed by atoms with Gasteiger partial charge in [0.25, 0.3) is 0 Å². The van der Waals surface area contributed by atoms with Crippen LogP contribution in [-0.4, -0.2) is 102 Å². The Morgan fingerprint density at radius 1 is 1.12 bits per heavy atom. The fraction of sp³-hybridized carbons (Fsp3) is 0.463. The molecule has 2 saturated heterocycles. The summed E-state index contributed by atoms with van der Waals surface area (Å²) in [7, 11) is 1.55. The molecule has 10 rings (SSSR count). The van der Waals surface area contributed by atoms with Gasteiger partial charge in [-0.3, -0.25) is 19.8 Å². The van der Waals surface area contributed by atoms with E-state index in [0.29, 0.717) is 59.2 Å². The zero-order valence-electron chi connectivity index (χ0n) is 31.9. The number of hydrogen-bond acceptors (Lipinski definition) is 13. The number of carbonyl (C=O) groups excluding carboxylic acids is 3. The van der Waals surface area contributed by atoms with Gasteiger partial charge in [-0.2, -0.15) is 0 Å². The molecular weight excluding hydrogens is 741 g/mol. The Kier molecular flexibility index (Phi) is 8.80. The summed E-state index contributed by atoms with van der Waals surface area (Å²) in [6.45, 7) is 11.7. The lowest BCUT2D eigenvalue weighted by molar-refractivity contribution is -0.634. The van der Waals surface area contributed by atoms with Crippen molar-refractivity contribution in [3.05, 3.63) is 68.8 Å². The number of aromatic hydroxyl groups is 1. The fourth-order valence-corrected chi connectivity index (χ4v) is 12.0. The highest BCUT2D eigenvalue weighted by atomic mass is 32.2. The van der Waals surface area contributed by atoms with Gasteiger partial charge in [0.1, 0.15) is 25.7 Å². The number of phenolic OH excluding ortho intramolecular Hbond substituents is 1. The maximum atomic E-state index is 14.8. The van der Waals surface area contributed by atoms with Crippen molar-refractivity contribution in [2.24, 2.45) is 0 Å². The number of fused-ring (bicyclic) bond motifs is 9. The summed E-state index contributed by atoms with van der Waals surface area (Å²) in [6.07, 6.45) is 1.27. The van der Waals surface area contributed by atoms with Gasteiger partial charge >= 0.3 is 11.9 Å². The standard InChI is InChI=1S/C41H44N4O10S/c1-18-11-23-12-26-20(3)45-27-15-52-40(50)41(25-13-24(43-28(48)14-46)8-7-22(25)9-10-42-41)16-56-39(33(45)32(44(26)5)29(23)34(49)35(18)51-6)31-30(27)38-37(53-17-54-38)19(2)36(31)55-21(4)47/h7-8,11,13,20,26-27,32-33,39,42,46H,5,9-10,12,14-17H2,1-4,6H3,(H-,43,48,49)/p+1/t20-,26-,27-,32+,33+,39+,41+/m0/s1. The van der Waals surface area contributed by atoms with Gasteiger partial charge in [0.2, 0.25) is 12.7 Å². The van der Waals surface area contributed by atoms with Crippen LogP contribution in [0.1, 0.15) is 75.7 Å². The van der Waals surface area contributed by atoms with Gasteiger partial charge in [-0.1, -0.05) is 12.1 Å². The van der Waals surface area contributed by atoms with Crippen LogP contribution in [0.5, 0.6) is 28.7 Å². The van der Waals surface area contributed by atoms with Gasteiger partial charge in [-0.05, 0) is 61.6 Å². The lowest BCUT2D eigenvalue weighted by Crippen LogP contribution is -2.67. The molecule has 3 aromatic carbocycles. The predicted molar refractivity (Wildman–Crippen MR) is 205 cm³/mol. The molecule has 2 fully saturated rings. The molecule has 4 bridgehead atoms. The Bertz CT molecular complexity index is 2250. The molecule has 0 saturated carbocycles. The molecule has 14 nitrogen and oxygen atoms in total. The second kappa shape index (κ2) is 13.4. The molecule has 15 heteroatoms. The second-order valence-corrected chi connectivity index (χ2v) is 16.6. The maximum absolute atomic E-state index is 14.8. The largest absolute Gasteiger partial charge is 0.504 e. The molecule has 0 aliphatic carbocycles. The van der Waals surface area contributed by atoms with Gasteiger partial charge in [-0.25, -0.2) is 9.37 Å². The third-order valence-electron chi connectivity index (χ3n) is 12.6. The zero-order chi connectivity index (χ0) is 39.4. The van der Waals surface area contributed by atoms with Crippen LogP contribution in [0, 0.1) is 13.8 Å². The third-order valence-corrected chi connectivity index (χ3v) is 14.1. The Morgan fingerprint density at radius 3 is 2.66 bits per heavy atom. The number of thioether (sulfide) groups is 1. The predicted octanol–water partition coefficient (Wildman–Crippen LogP) is 3.48. The van der Waals surface area contributed by atoms with Gasteiger partial charge in [-0.15, -0.1) is 11.8 Å². The molecule has 4 N–H and O–H groups in total. The van der Waals surface area contributed by atoms with Crippen molar-refractivity contribution < 1.29 is 52.9 Å². The summed E-state index contributed by atoms with van der Waals surface area (Å²) >= 11 is 1.53. The number of aliphatic hydroxyl groups is 1. The monoisotopic (exact) mass is 785 g/mol. The number of ether oxygens (including phenoxy) is 5. The number of phenols is 1. The van der Waals surface area contributed by atoms with Crippen molar-refractivity contribution in [2.75, 3.05) is 44.7 Å². The van der Waals surface area contributed by atoms with Crippen molar-refractivity contribution in [3.8, 4) is 28.7 Å². The van der Waals surface area contributed by atoms with E-state index in [1.807, 2.05) is 19.9 Å². The Balaban J connectivity index is 1.30. The molecule has 0 aromatic heterocycles. The number of piperazine rings is 1. The number of nitrogens with one attached hydrogen (secondary N) is 2. The number of anilines is 1. The first-order valence-electron chi connectivity index (χ1n) is 18.9. The van der Waals surface area contributed by atoms with E-state index in [9.17, 15) is 24.6 Å². The number of aryl methyl sites for hydroxylation is 1. The average molecular weight is 786 g/mol. The lowest BCUT2D eigenvalue weighted by atomic mass is 9.72. The number of esters is 2. The number of nitrogens with zero attached hydrogens (tertiary/aromatic N) is 2. The first kappa shape index (κ1) is 36.8. The van der Waals surface area contributed by atoms with Crippen molar-refractivity contribution >= 4 is 42.0 Å². The minimum atomic E-state index is -1.34. The zero-order valence-corrected chi connectivity index (χ0v) is 32.7. The highest BCUT2D eigenvalue weighted by Gasteiger charge is 2.63. The van der Waals surface area contributed by atoms with Crippen LogP contribution in [-0.2, 0) is 37.5 Å². The van der Waals surface area contributed by atoms with Gasteiger partial charge in [0.15, 0.2) is 40.6 Å². The minimum absolute atomic E-state index is 0.0211. The number of benzene rings is 3. The minimum Gasteiger partial charge on any atom is -0.504 e. The summed E-state index contributed by atoms with van der Waals surface area (Å²) < 4.78 is 32.8. The SMILES string of the molecule is C=[N+]1[C@@H]2c3c(cc(C)c(OC)c3O)C[C@H]1[C@H](C)N1[C@H]2[C@@H]2SC[C@]3(NCCc4ccc(NC(=O)CO)cc43)C(=O)OC[C@H]1c1c3c(c(C)c(OC(C)=O)c12)OCO3. The molecule has 1 spiro atoms. The number of aliphatic hydroxyl groups excluding tert-OH is 1. The van der Waals surface area contributed by atoms with Crippen molar-refractivity contribution in [3.63, 3.8) is 0 Å². The summed E-state index contributed by atoms with van der Waals surface area (Å²) in [5, 5.41) is 27.3. The van der Waals surface area contributed by atoms with E-state index >= 15 is 0 Å². The van der Waals surface area contributed by atoms with Crippen LogP contribution in [0.2, 0.25) is 0 Å². The number of hydrogen-bond donors (Lipinski definition) is 4. The number of amides is 1. The lowest BCUT2D eigenvalue weighted by Gasteiger charge is -2.57. The maximum Gasteiger partial charge on any atom is 0.331 e. The fourth-order valence-electron chi connectivity index (χ4n) is 10.3. The number of rotatable bonds is 4. The van der Waals surface area contributed by atoms with E-state index in [1.54, 1.807) is 19.2 Å². The van der Waals surface area contributed by atoms with Crippen LogP contribution in [0.15, 0.2) is 24.3 Å². The van der Waals surface area contributed by atoms with Crippen LogP contribution < -0.4 is 29.6 Å². The molecule has 0 unspecified atom stereocenters. The second-order valence-electron chi connectivity index (χ2n) is 15.5. The molecule has 1 amide bonds. The quantitative estimate of drug-likeness (QED) is 0.173. The molecule has 294 valence electrons. The third kappa shape index (κ3) is 5.20. The van der Waals surface area contributed by atoms with Crippen molar-refractivity contribution in [1.82, 2.24) is 10.2 Å². The molecule has 0 radical (unpaired) electrons. The van der Waals surface area contributed by atoms with Crippen molar-refractivity contribution in [1.29, 1.82) is 0 Å². The molecule has 7 aliphatic heterocycles. The van der Waals surface area contributed by atoms with Crippen LogP contribution in [0.4, 0.5) is 5.69 Å². The van der Waals surface area contributed by atoms with Gasteiger partial charge in [0, 0.05) is 48.0 Å². The summed E-state index contributed by atoms with van der Waals surface area (Å²) in [5.74, 6) is 0.513. The Hall–Kier alpha value is -4.83. The van der Waals surface area contributed by atoms with Crippen LogP contribution in [0.25, 0.3) is 0 Å². The smallest absolute Gasteiger partial charge is 0.331 e. The summed E-state index contributed by atoms with van der Waals surface area (Å²) in [4.78, 5) is 42.4. The van der Waals surface area contributed by atoms with Gasteiger partial charge in [0.05, 0.1) is 36.0 Å².